The number of anilines is 1. The molecule has 0 amide bonds. The zero-order chi connectivity index (χ0) is 16.2. The van der Waals surface area contributed by atoms with Crippen LogP contribution < -0.4 is 5.32 Å². The molecule has 0 saturated carbocycles. The number of benzene rings is 2. The summed E-state index contributed by atoms with van der Waals surface area (Å²) in [5, 5.41) is 12.4. The number of carbonyl (C=O) groups is 1. The second kappa shape index (κ2) is 6.58. The first kappa shape index (κ1) is 15.2. The van der Waals surface area contributed by atoms with Crippen LogP contribution in [0, 0.1) is 0 Å². The van der Waals surface area contributed by atoms with E-state index < -0.39 is 5.97 Å². The van der Waals surface area contributed by atoms with Crippen LogP contribution in [-0.2, 0) is 6.54 Å². The van der Waals surface area contributed by atoms with Gasteiger partial charge >= 0.3 is 5.97 Å². The number of carboxylic acids is 1. The molecule has 0 spiro atoms. The zero-order valence-electron chi connectivity index (χ0n) is 12.1. The molecular formula is C18H14ClNO3. The van der Waals surface area contributed by atoms with Crippen LogP contribution in [0.4, 0.5) is 5.69 Å². The minimum absolute atomic E-state index is 0.0705. The van der Waals surface area contributed by atoms with Crippen LogP contribution >= 0.6 is 11.6 Å². The Labute approximate surface area is 138 Å². The van der Waals surface area contributed by atoms with Crippen LogP contribution in [0.2, 0.25) is 5.02 Å². The fourth-order valence-corrected chi connectivity index (χ4v) is 2.42. The summed E-state index contributed by atoms with van der Waals surface area (Å²) in [6.45, 7) is 0.452. The van der Waals surface area contributed by atoms with Crippen molar-refractivity contribution in [3.05, 3.63) is 77.0 Å². The van der Waals surface area contributed by atoms with E-state index in [0.29, 0.717) is 12.2 Å². The van der Waals surface area contributed by atoms with E-state index in [9.17, 15) is 4.79 Å². The largest absolute Gasteiger partial charge is 0.478 e. The third kappa shape index (κ3) is 3.55. The summed E-state index contributed by atoms with van der Waals surface area (Å²) in [6, 6.07) is 18.4. The Bertz CT molecular complexity index is 827. The van der Waals surface area contributed by atoms with Crippen LogP contribution in [0.3, 0.4) is 0 Å². The molecule has 0 bridgehead atoms. The molecule has 23 heavy (non-hydrogen) atoms. The van der Waals surface area contributed by atoms with E-state index in [-0.39, 0.29) is 10.6 Å². The number of aromatic carboxylic acids is 1. The number of rotatable bonds is 5. The van der Waals surface area contributed by atoms with Gasteiger partial charge in [0, 0.05) is 11.3 Å². The lowest BCUT2D eigenvalue weighted by Crippen LogP contribution is -2.02. The summed E-state index contributed by atoms with van der Waals surface area (Å²) < 4.78 is 5.79. The average Bonchev–Trinajstić information content (AvgIpc) is 3.03. The molecule has 116 valence electrons. The third-order valence-electron chi connectivity index (χ3n) is 3.38. The monoisotopic (exact) mass is 327 g/mol. The topological polar surface area (TPSA) is 62.5 Å². The minimum atomic E-state index is -1.05. The van der Waals surface area contributed by atoms with Crippen LogP contribution in [0.15, 0.2) is 65.1 Å². The third-order valence-corrected chi connectivity index (χ3v) is 3.71. The van der Waals surface area contributed by atoms with Crippen molar-refractivity contribution in [2.24, 2.45) is 0 Å². The van der Waals surface area contributed by atoms with E-state index in [1.54, 1.807) is 12.1 Å². The Kier molecular flexibility index (Phi) is 4.35. The van der Waals surface area contributed by atoms with Gasteiger partial charge in [0.25, 0.3) is 0 Å². The van der Waals surface area contributed by atoms with Gasteiger partial charge in [0.2, 0.25) is 0 Å². The molecule has 2 N–H and O–H groups in total. The molecule has 0 fully saturated rings. The molecule has 0 aliphatic carbocycles. The summed E-state index contributed by atoms with van der Waals surface area (Å²) in [5.74, 6) is 0.503. The van der Waals surface area contributed by atoms with Gasteiger partial charge in [-0.05, 0) is 30.3 Å². The molecule has 2 aromatic carbocycles. The summed E-state index contributed by atoms with van der Waals surface area (Å²) in [7, 11) is 0. The van der Waals surface area contributed by atoms with Gasteiger partial charge in [-0.25, -0.2) is 4.79 Å². The predicted molar refractivity (Wildman–Crippen MR) is 89.9 cm³/mol. The molecule has 3 rings (SSSR count). The number of hydrogen-bond acceptors (Lipinski definition) is 3. The number of carboxylic acid groups (broad SMARTS) is 1. The highest BCUT2D eigenvalue weighted by Gasteiger charge is 2.10. The normalized spacial score (nSPS) is 10.5. The maximum absolute atomic E-state index is 11.1. The lowest BCUT2D eigenvalue weighted by Gasteiger charge is -2.06. The van der Waals surface area contributed by atoms with E-state index in [2.05, 4.69) is 5.32 Å². The van der Waals surface area contributed by atoms with Crippen LogP contribution in [0.25, 0.3) is 11.3 Å². The van der Waals surface area contributed by atoms with Gasteiger partial charge in [0.1, 0.15) is 11.5 Å². The maximum Gasteiger partial charge on any atom is 0.337 e. The Balaban J connectivity index is 1.71. The van der Waals surface area contributed by atoms with Gasteiger partial charge in [-0.2, -0.15) is 0 Å². The predicted octanol–water partition coefficient (Wildman–Crippen LogP) is 4.91. The van der Waals surface area contributed by atoms with E-state index in [1.807, 2.05) is 42.5 Å². The molecule has 0 radical (unpaired) electrons. The van der Waals surface area contributed by atoms with Crippen molar-refractivity contribution >= 4 is 23.3 Å². The maximum atomic E-state index is 11.1. The molecule has 0 unspecified atom stereocenters. The summed E-state index contributed by atoms with van der Waals surface area (Å²) in [6.07, 6.45) is 0. The molecule has 0 aliphatic rings. The van der Waals surface area contributed by atoms with Gasteiger partial charge < -0.3 is 14.8 Å². The molecule has 1 heterocycles. The van der Waals surface area contributed by atoms with Gasteiger partial charge in [-0.1, -0.05) is 41.9 Å². The van der Waals surface area contributed by atoms with Crippen LogP contribution in [-0.4, -0.2) is 11.1 Å². The van der Waals surface area contributed by atoms with E-state index in [4.69, 9.17) is 21.1 Å². The van der Waals surface area contributed by atoms with Crippen molar-refractivity contribution in [2.45, 2.75) is 6.54 Å². The average molecular weight is 328 g/mol. The Hall–Kier alpha value is -2.72. The van der Waals surface area contributed by atoms with Crippen LogP contribution in [0.1, 0.15) is 16.1 Å². The van der Waals surface area contributed by atoms with Crippen molar-refractivity contribution in [3.63, 3.8) is 0 Å². The molecule has 0 aliphatic heterocycles. The molecule has 0 atom stereocenters. The smallest absolute Gasteiger partial charge is 0.337 e. The first-order chi connectivity index (χ1) is 11.1. The quantitative estimate of drug-likeness (QED) is 0.699. The molecule has 5 heteroatoms. The van der Waals surface area contributed by atoms with Crippen molar-refractivity contribution in [2.75, 3.05) is 5.32 Å². The number of hydrogen-bond donors (Lipinski definition) is 2. The van der Waals surface area contributed by atoms with Crippen molar-refractivity contribution in [3.8, 4) is 11.3 Å². The van der Waals surface area contributed by atoms with Gasteiger partial charge in [0.15, 0.2) is 0 Å². The van der Waals surface area contributed by atoms with Gasteiger partial charge in [-0.3, -0.25) is 0 Å². The molecule has 0 saturated heterocycles. The standard InChI is InChI=1S/C18H14ClNO3/c19-16-8-6-13(10-15(16)18(21)22)20-11-14-7-9-17(23-14)12-4-2-1-3-5-12/h1-10,20H,11H2,(H,21,22). The summed E-state index contributed by atoms with van der Waals surface area (Å²) >= 11 is 5.85. The van der Waals surface area contributed by atoms with Crippen molar-refractivity contribution in [1.82, 2.24) is 0 Å². The van der Waals surface area contributed by atoms with E-state index in [1.165, 1.54) is 6.07 Å². The van der Waals surface area contributed by atoms with E-state index >= 15 is 0 Å². The van der Waals surface area contributed by atoms with Gasteiger partial charge in [-0.15, -0.1) is 0 Å². The fourth-order valence-electron chi connectivity index (χ4n) is 2.22. The first-order valence-corrected chi connectivity index (χ1v) is 7.42. The van der Waals surface area contributed by atoms with Crippen LogP contribution in [0.5, 0.6) is 0 Å². The zero-order valence-corrected chi connectivity index (χ0v) is 12.9. The highest BCUT2D eigenvalue weighted by molar-refractivity contribution is 6.33. The Morgan fingerprint density at radius 2 is 1.87 bits per heavy atom. The van der Waals surface area contributed by atoms with Crippen molar-refractivity contribution in [1.29, 1.82) is 0 Å². The second-order valence-corrected chi connectivity index (χ2v) is 5.39. The number of halogens is 1. The van der Waals surface area contributed by atoms with Crippen molar-refractivity contribution < 1.29 is 14.3 Å². The second-order valence-electron chi connectivity index (χ2n) is 4.99. The molecule has 3 aromatic rings. The van der Waals surface area contributed by atoms with Gasteiger partial charge in [0.05, 0.1) is 17.1 Å². The van der Waals surface area contributed by atoms with E-state index in [0.717, 1.165) is 17.1 Å². The highest BCUT2D eigenvalue weighted by Crippen LogP contribution is 2.24. The Morgan fingerprint density at radius 1 is 1.09 bits per heavy atom. The first-order valence-electron chi connectivity index (χ1n) is 7.04. The fraction of sp³-hybridized carbons (Fsp3) is 0.0556. The summed E-state index contributed by atoms with van der Waals surface area (Å²) in [5.41, 5.74) is 1.75. The summed E-state index contributed by atoms with van der Waals surface area (Å²) in [4.78, 5) is 11.1. The lowest BCUT2D eigenvalue weighted by atomic mass is 10.2. The minimum Gasteiger partial charge on any atom is -0.478 e. The number of nitrogens with one attached hydrogen (secondary N) is 1. The number of furan rings is 1. The molecular weight excluding hydrogens is 314 g/mol. The molecule has 4 nitrogen and oxygen atoms in total. The SMILES string of the molecule is O=C(O)c1cc(NCc2ccc(-c3ccccc3)o2)ccc1Cl. The highest BCUT2D eigenvalue weighted by atomic mass is 35.5. The molecule has 1 aromatic heterocycles. The lowest BCUT2D eigenvalue weighted by molar-refractivity contribution is 0.0697. The Morgan fingerprint density at radius 3 is 2.61 bits per heavy atom.